The monoisotopic (exact) mass is 185 g/mol. The van der Waals surface area contributed by atoms with Gasteiger partial charge in [0.2, 0.25) is 0 Å². The normalized spacial score (nSPS) is 20.2. The van der Waals surface area contributed by atoms with Crippen LogP contribution < -0.4 is 4.74 Å². The van der Waals surface area contributed by atoms with E-state index in [9.17, 15) is 4.21 Å². The Bertz CT molecular complexity index is 347. The van der Waals surface area contributed by atoms with Crippen molar-refractivity contribution in [1.82, 2.24) is 0 Å². The molecule has 0 saturated heterocycles. The van der Waals surface area contributed by atoms with Gasteiger partial charge in [-0.1, -0.05) is 19.1 Å². The molecule has 0 spiro atoms. The van der Waals surface area contributed by atoms with E-state index < -0.39 is 16.5 Å². The molecule has 2 unspecified atom stereocenters. The van der Waals surface area contributed by atoms with Crippen molar-refractivity contribution in [3.63, 3.8) is 0 Å². The van der Waals surface area contributed by atoms with Gasteiger partial charge in [0.05, 0.1) is 22.8 Å². The molecule has 0 aliphatic carbocycles. The van der Waals surface area contributed by atoms with E-state index in [4.69, 9.17) is 7.48 Å². The van der Waals surface area contributed by atoms with Gasteiger partial charge in [0, 0.05) is 8.45 Å². The smallest absolute Gasteiger partial charge is 0.134 e. The molecule has 0 aromatic heterocycles. The van der Waals surface area contributed by atoms with Crippen LogP contribution in [0.1, 0.15) is 9.67 Å². The van der Waals surface area contributed by atoms with E-state index in [0.29, 0.717) is 10.6 Å². The van der Waals surface area contributed by atoms with Crippen molar-refractivity contribution in [2.75, 3.05) is 12.8 Å². The van der Waals surface area contributed by atoms with Gasteiger partial charge in [-0.2, -0.15) is 0 Å². The molecule has 2 nitrogen and oxygen atoms in total. The van der Waals surface area contributed by atoms with Crippen molar-refractivity contribution >= 4 is 10.8 Å². The first-order chi connectivity index (χ1) is 6.46. The van der Waals surface area contributed by atoms with Gasteiger partial charge in [0.25, 0.3) is 0 Å². The highest BCUT2D eigenvalue weighted by Crippen LogP contribution is 2.20. The lowest BCUT2D eigenvalue weighted by Gasteiger charge is -2.05. The lowest BCUT2D eigenvalue weighted by molar-refractivity contribution is 0.404. The minimum atomic E-state index is -1.76. The molecule has 2 atom stereocenters. The maximum Gasteiger partial charge on any atom is 0.134 e. The second kappa shape index (κ2) is 4.26. The van der Waals surface area contributed by atoms with Crippen molar-refractivity contribution in [2.24, 2.45) is 0 Å². The Morgan fingerprint density at radius 2 is 2.42 bits per heavy atom. The highest BCUT2D eigenvalue weighted by Gasteiger charge is 2.06. The number of hydrogen-bond donors (Lipinski definition) is 0. The zero-order valence-corrected chi connectivity index (χ0v) is 7.85. The molecular formula is C9H12O2S. The minimum absolute atomic E-state index is 0.391. The summed E-state index contributed by atoms with van der Waals surface area (Å²) < 4.78 is 31.4. The van der Waals surface area contributed by atoms with Crippen LogP contribution in [-0.4, -0.2) is 17.0 Å². The molecule has 0 amide bonds. The highest BCUT2D eigenvalue weighted by atomic mass is 32.2. The van der Waals surface area contributed by atoms with Crippen LogP contribution >= 0.6 is 0 Å². The Hall–Kier alpha value is -0.830. The number of rotatable bonds is 3. The Kier molecular flexibility index (Phi) is 2.36. The van der Waals surface area contributed by atoms with E-state index in [1.807, 2.05) is 0 Å². The largest absolute Gasteiger partial charge is 0.495 e. The molecule has 1 rings (SSSR count). The first-order valence-electron chi connectivity index (χ1n) is 4.51. The Labute approximate surface area is 77.8 Å². The van der Waals surface area contributed by atoms with Gasteiger partial charge >= 0.3 is 0 Å². The molecule has 1 aromatic rings. The average molecular weight is 185 g/mol. The summed E-state index contributed by atoms with van der Waals surface area (Å²) in [6, 6.07) is 6.74. The van der Waals surface area contributed by atoms with Crippen LogP contribution in [0.4, 0.5) is 0 Å². The molecule has 3 heteroatoms. The van der Waals surface area contributed by atoms with E-state index in [1.165, 1.54) is 14.0 Å². The number of para-hydroxylation sites is 1. The summed E-state index contributed by atoms with van der Waals surface area (Å²) in [5, 5.41) is 0. The van der Waals surface area contributed by atoms with Crippen LogP contribution in [0.5, 0.6) is 5.75 Å². The predicted molar refractivity (Wildman–Crippen MR) is 49.9 cm³/mol. The molecule has 66 valence electrons. The standard InChI is InChI=1S/C9H12O2S/c1-3-12(10)9-7-5-4-6-8(9)11-2/h4-7H,3H2,1-2H3/i3DH. The Balaban J connectivity index is 3.13. The van der Waals surface area contributed by atoms with Gasteiger partial charge in [-0.15, -0.1) is 0 Å². The molecule has 0 aliphatic rings. The van der Waals surface area contributed by atoms with E-state index >= 15 is 0 Å². The molecule has 0 saturated carbocycles. The summed E-state index contributed by atoms with van der Waals surface area (Å²) >= 11 is 0. The maximum atomic E-state index is 11.7. The fraction of sp³-hybridized carbons (Fsp3) is 0.333. The Morgan fingerprint density at radius 3 is 3.00 bits per heavy atom. The third-order valence-electron chi connectivity index (χ3n) is 1.45. The van der Waals surface area contributed by atoms with Gasteiger partial charge in [-0.05, 0) is 12.1 Å². The van der Waals surface area contributed by atoms with Crippen molar-refractivity contribution < 1.29 is 11.7 Å². The molecule has 0 N–H and O–H groups in total. The molecule has 12 heavy (non-hydrogen) atoms. The average Bonchev–Trinajstić information content (AvgIpc) is 2.15. The van der Waals surface area contributed by atoms with Gasteiger partial charge in [0.15, 0.2) is 0 Å². The van der Waals surface area contributed by atoms with E-state index in [1.54, 1.807) is 24.3 Å². The second-order valence-corrected chi connectivity index (χ2v) is 3.51. The lowest BCUT2D eigenvalue weighted by atomic mass is 10.3. The summed E-state index contributed by atoms with van der Waals surface area (Å²) in [6.07, 6.45) is 0. The molecule has 0 heterocycles. The van der Waals surface area contributed by atoms with Crippen LogP contribution in [0.15, 0.2) is 29.2 Å². The number of ether oxygens (including phenoxy) is 1. The van der Waals surface area contributed by atoms with Crippen molar-refractivity contribution in [3.05, 3.63) is 24.3 Å². The van der Waals surface area contributed by atoms with Crippen LogP contribution in [0.2, 0.25) is 0 Å². The second-order valence-electron chi connectivity index (χ2n) is 2.12. The number of hydrogen-bond acceptors (Lipinski definition) is 2. The SMILES string of the molecule is [1H]C([2H])(C)S(=O)c1ccccc1OC. The topological polar surface area (TPSA) is 26.3 Å². The molecule has 0 aliphatic heterocycles. The van der Waals surface area contributed by atoms with Crippen LogP contribution in [0, 0.1) is 0 Å². The predicted octanol–water partition coefficient (Wildman–Crippen LogP) is 1.82. The summed E-state index contributed by atoms with van der Waals surface area (Å²) in [6.45, 7) is 1.29. The zero-order valence-electron chi connectivity index (χ0n) is 9.03. The maximum absolute atomic E-state index is 11.7. The molecule has 1 aromatic carbocycles. The minimum Gasteiger partial charge on any atom is -0.495 e. The first kappa shape index (κ1) is 6.66. The first-order valence-corrected chi connectivity index (χ1v) is 4.66. The van der Waals surface area contributed by atoms with Gasteiger partial charge in [-0.25, -0.2) is 0 Å². The molecule has 0 radical (unpaired) electrons. The van der Waals surface area contributed by atoms with Crippen LogP contribution in [0.25, 0.3) is 0 Å². The molecule has 0 bridgehead atoms. The summed E-state index contributed by atoms with van der Waals surface area (Å²) in [5.74, 6) is 0.455. The van der Waals surface area contributed by atoms with Crippen molar-refractivity contribution in [2.45, 2.75) is 11.8 Å². The van der Waals surface area contributed by atoms with E-state index in [0.717, 1.165) is 0 Å². The van der Waals surface area contributed by atoms with Crippen LogP contribution in [0.3, 0.4) is 0 Å². The molecule has 0 fully saturated rings. The van der Waals surface area contributed by atoms with Gasteiger partial charge < -0.3 is 4.74 Å². The van der Waals surface area contributed by atoms with E-state index in [-0.39, 0.29) is 0 Å². The zero-order chi connectivity index (χ0) is 10.8. The lowest BCUT2D eigenvalue weighted by Crippen LogP contribution is -1.97. The Morgan fingerprint density at radius 1 is 1.75 bits per heavy atom. The third kappa shape index (κ3) is 1.85. The number of benzene rings is 1. The summed E-state index contributed by atoms with van der Waals surface area (Å²) in [5.41, 5.74) is -1.76. The third-order valence-corrected chi connectivity index (χ3v) is 2.56. The summed E-state index contributed by atoms with van der Waals surface area (Å²) in [7, 11) is -0.230. The van der Waals surface area contributed by atoms with E-state index in [2.05, 4.69) is 0 Å². The number of methoxy groups -OCH3 is 1. The van der Waals surface area contributed by atoms with Crippen LogP contribution in [-0.2, 0) is 10.8 Å². The van der Waals surface area contributed by atoms with Crippen molar-refractivity contribution in [3.8, 4) is 5.75 Å². The van der Waals surface area contributed by atoms with Gasteiger partial charge in [-0.3, -0.25) is 4.21 Å². The fourth-order valence-electron chi connectivity index (χ4n) is 0.882. The molecular weight excluding hydrogens is 172 g/mol. The summed E-state index contributed by atoms with van der Waals surface area (Å²) in [4.78, 5) is 0.391. The highest BCUT2D eigenvalue weighted by molar-refractivity contribution is 7.85. The van der Waals surface area contributed by atoms with Crippen molar-refractivity contribution in [1.29, 1.82) is 0 Å². The fourth-order valence-corrected chi connectivity index (χ4v) is 1.64. The van der Waals surface area contributed by atoms with Gasteiger partial charge in [0.1, 0.15) is 5.75 Å². The quantitative estimate of drug-likeness (QED) is 0.718.